The number of benzene rings is 2. The lowest BCUT2D eigenvalue weighted by atomic mass is 10.0. The summed E-state index contributed by atoms with van der Waals surface area (Å²) in [7, 11) is -1.65. The van der Waals surface area contributed by atoms with Crippen LogP contribution in [0.25, 0.3) is 21.8 Å². The summed E-state index contributed by atoms with van der Waals surface area (Å²) in [6.45, 7) is 14.7. The summed E-state index contributed by atoms with van der Waals surface area (Å²) in [5.41, 5.74) is 6.03. The van der Waals surface area contributed by atoms with E-state index in [-0.39, 0.29) is 0 Å². The van der Waals surface area contributed by atoms with Gasteiger partial charge in [-0.25, -0.2) is 0 Å². The molecule has 0 aliphatic heterocycles. The lowest BCUT2D eigenvalue weighted by molar-refractivity contribution is 0.206. The van der Waals surface area contributed by atoms with Crippen molar-refractivity contribution in [3.05, 3.63) is 77.6 Å². The highest BCUT2D eigenvalue weighted by Gasteiger charge is 2.28. The van der Waals surface area contributed by atoms with Gasteiger partial charge in [-0.3, -0.25) is 9.97 Å². The molecule has 2 aromatic heterocycles. The summed E-state index contributed by atoms with van der Waals surface area (Å²) in [5, 5.41) is 2.34. The number of aromatic nitrogens is 2. The van der Waals surface area contributed by atoms with Crippen molar-refractivity contribution in [1.29, 1.82) is 0 Å². The standard InChI is InChI=1S/C30H38N2O2Si/c1-22-7-14-26-27-18-24(19-31-29(27)20-32-28(26)17-22)9-8-23-10-12-25(13-11-23)33-15-16-34-35(5,6)21-30(2,3)4/h7,10-14,17-20H,8-9,15-16,21H2,1-6H3. The maximum absolute atomic E-state index is 6.21. The Balaban J connectivity index is 1.31. The molecule has 4 nitrogen and oxygen atoms in total. The van der Waals surface area contributed by atoms with Crippen molar-refractivity contribution in [2.75, 3.05) is 13.2 Å². The molecule has 0 spiro atoms. The Morgan fingerprint density at radius 3 is 2.23 bits per heavy atom. The van der Waals surface area contributed by atoms with Gasteiger partial charge in [-0.2, -0.15) is 0 Å². The van der Waals surface area contributed by atoms with Crippen molar-refractivity contribution in [2.45, 2.75) is 59.7 Å². The molecule has 0 saturated heterocycles. The van der Waals surface area contributed by atoms with E-state index in [9.17, 15) is 0 Å². The Bertz CT molecular complexity index is 1290. The minimum absolute atomic E-state index is 0.305. The van der Waals surface area contributed by atoms with Crippen molar-refractivity contribution in [2.24, 2.45) is 5.41 Å². The lowest BCUT2D eigenvalue weighted by Gasteiger charge is -2.30. The van der Waals surface area contributed by atoms with Gasteiger partial charge in [0.1, 0.15) is 12.4 Å². The van der Waals surface area contributed by atoms with Gasteiger partial charge in [0.15, 0.2) is 8.32 Å². The molecule has 4 aromatic rings. The number of hydrogen-bond acceptors (Lipinski definition) is 4. The van der Waals surface area contributed by atoms with Crippen LogP contribution in [-0.4, -0.2) is 31.5 Å². The third-order valence-electron chi connectivity index (χ3n) is 6.17. The van der Waals surface area contributed by atoms with Crippen molar-refractivity contribution in [1.82, 2.24) is 9.97 Å². The smallest absolute Gasteiger partial charge is 0.187 e. The first-order chi connectivity index (χ1) is 16.6. The fourth-order valence-corrected chi connectivity index (χ4v) is 8.22. The molecule has 0 radical (unpaired) electrons. The third kappa shape index (κ3) is 7.12. The van der Waals surface area contributed by atoms with Crippen LogP contribution in [0.15, 0.2) is 60.9 Å². The minimum atomic E-state index is -1.65. The van der Waals surface area contributed by atoms with Gasteiger partial charge in [-0.05, 0) is 85.3 Å². The number of ether oxygens (including phenoxy) is 1. The van der Waals surface area contributed by atoms with Crippen LogP contribution in [0.2, 0.25) is 19.1 Å². The van der Waals surface area contributed by atoms with Crippen LogP contribution in [0, 0.1) is 12.3 Å². The molecule has 35 heavy (non-hydrogen) atoms. The maximum atomic E-state index is 6.21. The molecule has 0 fully saturated rings. The van der Waals surface area contributed by atoms with Gasteiger partial charge < -0.3 is 9.16 Å². The molecule has 4 rings (SSSR count). The molecule has 0 unspecified atom stereocenters. The molecule has 0 atom stereocenters. The molecular weight excluding hydrogens is 448 g/mol. The summed E-state index contributed by atoms with van der Waals surface area (Å²) in [5.74, 6) is 0.897. The second-order valence-corrected chi connectivity index (χ2v) is 15.6. The average Bonchev–Trinajstić information content (AvgIpc) is 2.79. The van der Waals surface area contributed by atoms with Crippen molar-refractivity contribution < 1.29 is 9.16 Å². The zero-order chi connectivity index (χ0) is 25.1. The molecule has 2 aromatic carbocycles. The van der Waals surface area contributed by atoms with Gasteiger partial charge in [-0.15, -0.1) is 0 Å². The number of pyridine rings is 2. The molecule has 0 amide bonds. The first-order valence-electron chi connectivity index (χ1n) is 12.6. The zero-order valence-corrected chi connectivity index (χ0v) is 23.0. The number of nitrogens with zero attached hydrogens (tertiary/aromatic N) is 2. The monoisotopic (exact) mass is 486 g/mol. The molecule has 0 aliphatic carbocycles. The normalized spacial score (nSPS) is 12.4. The van der Waals surface area contributed by atoms with Crippen LogP contribution in [0.5, 0.6) is 5.75 Å². The SMILES string of the molecule is Cc1ccc2c(c1)ncc1ncc(CCc3ccc(OCCO[Si](C)(C)CC(C)(C)C)cc3)cc12. The molecule has 0 saturated carbocycles. The van der Waals surface area contributed by atoms with E-state index >= 15 is 0 Å². The van der Waals surface area contributed by atoms with E-state index in [2.05, 4.69) is 99.3 Å². The summed E-state index contributed by atoms with van der Waals surface area (Å²) >= 11 is 0. The van der Waals surface area contributed by atoms with Crippen LogP contribution in [0.4, 0.5) is 0 Å². The van der Waals surface area contributed by atoms with E-state index in [1.165, 1.54) is 22.1 Å². The number of rotatable bonds is 9. The summed E-state index contributed by atoms with van der Waals surface area (Å²) in [6, 6.07) is 18.3. The van der Waals surface area contributed by atoms with Crippen LogP contribution >= 0.6 is 0 Å². The van der Waals surface area contributed by atoms with Crippen LogP contribution in [-0.2, 0) is 17.3 Å². The predicted molar refractivity (Wildman–Crippen MR) is 149 cm³/mol. The average molecular weight is 487 g/mol. The Labute approximate surface area is 210 Å². The molecule has 2 heterocycles. The quantitative estimate of drug-likeness (QED) is 0.139. The summed E-state index contributed by atoms with van der Waals surface area (Å²) in [4.78, 5) is 9.24. The second-order valence-electron chi connectivity index (χ2n) is 11.4. The maximum Gasteiger partial charge on any atom is 0.187 e. The molecular formula is C30H38N2O2Si. The third-order valence-corrected chi connectivity index (χ3v) is 9.07. The Hall–Kier alpha value is -2.76. The van der Waals surface area contributed by atoms with Gasteiger partial charge in [0, 0.05) is 17.0 Å². The van der Waals surface area contributed by atoms with Crippen LogP contribution < -0.4 is 4.74 Å². The molecule has 0 aliphatic rings. The summed E-state index contributed by atoms with van der Waals surface area (Å²) < 4.78 is 12.1. The Kier molecular flexibility index (Phi) is 7.58. The predicted octanol–water partition coefficient (Wildman–Crippen LogP) is 7.52. The minimum Gasteiger partial charge on any atom is -0.491 e. The Morgan fingerprint density at radius 2 is 1.49 bits per heavy atom. The topological polar surface area (TPSA) is 44.2 Å². The number of hydrogen-bond donors (Lipinski definition) is 0. The largest absolute Gasteiger partial charge is 0.491 e. The van der Waals surface area contributed by atoms with Crippen molar-refractivity contribution in [3.8, 4) is 5.75 Å². The van der Waals surface area contributed by atoms with Crippen molar-refractivity contribution >= 4 is 30.1 Å². The van der Waals surface area contributed by atoms with Gasteiger partial charge in [0.25, 0.3) is 0 Å². The van der Waals surface area contributed by atoms with E-state index in [4.69, 9.17) is 9.16 Å². The van der Waals surface area contributed by atoms with Gasteiger partial charge in [0.05, 0.1) is 23.8 Å². The van der Waals surface area contributed by atoms with Gasteiger partial charge >= 0.3 is 0 Å². The highest BCUT2D eigenvalue weighted by atomic mass is 28.4. The molecule has 184 valence electrons. The summed E-state index contributed by atoms with van der Waals surface area (Å²) in [6.07, 6.45) is 5.76. The number of fused-ring (bicyclic) bond motifs is 3. The zero-order valence-electron chi connectivity index (χ0n) is 22.0. The van der Waals surface area contributed by atoms with E-state index in [0.717, 1.165) is 41.1 Å². The fourth-order valence-electron chi connectivity index (χ4n) is 4.93. The Morgan fingerprint density at radius 1 is 0.771 bits per heavy atom. The highest BCUT2D eigenvalue weighted by molar-refractivity contribution is 6.71. The molecule has 0 bridgehead atoms. The van der Waals surface area contributed by atoms with E-state index < -0.39 is 8.32 Å². The molecule has 5 heteroatoms. The highest BCUT2D eigenvalue weighted by Crippen LogP contribution is 2.28. The van der Waals surface area contributed by atoms with Crippen molar-refractivity contribution in [3.63, 3.8) is 0 Å². The number of aryl methyl sites for hydroxylation is 3. The van der Waals surface area contributed by atoms with E-state index in [1.54, 1.807) is 0 Å². The van der Waals surface area contributed by atoms with Gasteiger partial charge in [0.2, 0.25) is 0 Å². The first-order valence-corrected chi connectivity index (χ1v) is 15.7. The first kappa shape index (κ1) is 25.3. The van der Waals surface area contributed by atoms with Gasteiger partial charge in [-0.1, -0.05) is 45.0 Å². The lowest BCUT2D eigenvalue weighted by Crippen LogP contribution is -2.36. The van der Waals surface area contributed by atoms with Crippen LogP contribution in [0.3, 0.4) is 0 Å². The van der Waals surface area contributed by atoms with Crippen LogP contribution in [0.1, 0.15) is 37.5 Å². The second kappa shape index (κ2) is 10.5. The fraction of sp³-hybridized carbons (Fsp3) is 0.400. The van der Waals surface area contributed by atoms with E-state index in [1.807, 2.05) is 12.4 Å². The van der Waals surface area contributed by atoms with E-state index in [0.29, 0.717) is 18.6 Å². The molecule has 0 N–H and O–H groups in total.